The van der Waals surface area contributed by atoms with Crippen LogP contribution in [-0.2, 0) is 32.0 Å². The Morgan fingerprint density at radius 3 is 2.42 bits per heavy atom. The molecule has 1 saturated heterocycles. The highest BCUT2D eigenvalue weighted by Gasteiger charge is 2.39. The highest BCUT2D eigenvalue weighted by molar-refractivity contribution is 5.95. The van der Waals surface area contributed by atoms with Crippen molar-refractivity contribution in [3.63, 3.8) is 0 Å². The minimum absolute atomic E-state index is 0.196. The summed E-state index contributed by atoms with van der Waals surface area (Å²) in [6.07, 6.45) is 3.31. The standard InChI is InChI=1S/C30H37N5O5/c1-18(2)26(30(39)40)34-28(37)25-13-8-14-35(25)29(38)24(16-20-17-32-23-12-7-6-11-21(20)23)33-27(36)22(31)15-19-9-4-3-5-10-19/h3-7,9-12,17-18,22,24-26,32H,8,13-16,31H2,1-2H3,(H,33,36)(H,34,37)(H,39,40). The maximum Gasteiger partial charge on any atom is 0.326 e. The third kappa shape index (κ3) is 6.69. The molecule has 10 heteroatoms. The van der Waals surface area contributed by atoms with Crippen LogP contribution in [0.1, 0.15) is 37.8 Å². The van der Waals surface area contributed by atoms with Crippen LogP contribution in [-0.4, -0.2) is 69.4 Å². The molecule has 2 heterocycles. The quantitative estimate of drug-likeness (QED) is 0.247. The molecule has 2 aromatic carbocycles. The average molecular weight is 548 g/mol. The van der Waals surface area contributed by atoms with Crippen LogP contribution in [0, 0.1) is 5.92 Å². The summed E-state index contributed by atoms with van der Waals surface area (Å²) in [4.78, 5) is 56.6. The van der Waals surface area contributed by atoms with Gasteiger partial charge in [0.25, 0.3) is 0 Å². The molecule has 4 unspecified atom stereocenters. The Bertz CT molecular complexity index is 1350. The largest absolute Gasteiger partial charge is 0.480 e. The van der Waals surface area contributed by atoms with Crippen molar-refractivity contribution in [1.29, 1.82) is 0 Å². The second-order valence-electron chi connectivity index (χ2n) is 10.7. The van der Waals surface area contributed by atoms with Crippen LogP contribution in [0.3, 0.4) is 0 Å². The van der Waals surface area contributed by atoms with E-state index in [4.69, 9.17) is 5.73 Å². The molecule has 212 valence electrons. The molecule has 0 radical (unpaired) electrons. The van der Waals surface area contributed by atoms with Gasteiger partial charge in [-0.1, -0.05) is 62.4 Å². The molecule has 3 amide bonds. The number of H-pyrrole nitrogens is 1. The number of para-hydroxylation sites is 1. The summed E-state index contributed by atoms with van der Waals surface area (Å²) in [5, 5.41) is 15.9. The minimum atomic E-state index is -1.13. The number of hydrogen-bond acceptors (Lipinski definition) is 5. The highest BCUT2D eigenvalue weighted by Crippen LogP contribution is 2.23. The Morgan fingerprint density at radius 1 is 1.02 bits per heavy atom. The number of carboxylic acid groups (broad SMARTS) is 1. The molecule has 4 atom stereocenters. The summed E-state index contributed by atoms with van der Waals surface area (Å²) in [6.45, 7) is 3.75. The van der Waals surface area contributed by atoms with Gasteiger partial charge in [-0.3, -0.25) is 14.4 Å². The molecule has 0 spiro atoms. The van der Waals surface area contributed by atoms with Crippen LogP contribution in [0.4, 0.5) is 0 Å². The first-order chi connectivity index (χ1) is 19.2. The molecule has 1 aromatic heterocycles. The monoisotopic (exact) mass is 547 g/mol. The van der Waals surface area contributed by atoms with Gasteiger partial charge in [-0.15, -0.1) is 0 Å². The summed E-state index contributed by atoms with van der Waals surface area (Å²) >= 11 is 0. The van der Waals surface area contributed by atoms with E-state index in [1.54, 1.807) is 13.8 Å². The zero-order chi connectivity index (χ0) is 28.8. The fourth-order valence-electron chi connectivity index (χ4n) is 5.23. The smallest absolute Gasteiger partial charge is 0.326 e. The lowest BCUT2D eigenvalue weighted by Gasteiger charge is -2.30. The van der Waals surface area contributed by atoms with Crippen molar-refractivity contribution < 1.29 is 24.3 Å². The van der Waals surface area contributed by atoms with Gasteiger partial charge in [0.05, 0.1) is 6.04 Å². The number of carboxylic acids is 1. The molecule has 40 heavy (non-hydrogen) atoms. The predicted octanol–water partition coefficient (Wildman–Crippen LogP) is 1.98. The van der Waals surface area contributed by atoms with Crippen LogP contribution in [0.15, 0.2) is 60.8 Å². The summed E-state index contributed by atoms with van der Waals surface area (Å²) in [6, 6.07) is 13.3. The summed E-state index contributed by atoms with van der Waals surface area (Å²) in [7, 11) is 0. The molecule has 0 saturated carbocycles. The van der Waals surface area contributed by atoms with Crippen LogP contribution < -0.4 is 16.4 Å². The lowest BCUT2D eigenvalue weighted by molar-refractivity contribution is -0.145. The van der Waals surface area contributed by atoms with Crippen molar-refractivity contribution in [2.75, 3.05) is 6.54 Å². The van der Waals surface area contributed by atoms with E-state index in [2.05, 4.69) is 15.6 Å². The second-order valence-corrected chi connectivity index (χ2v) is 10.7. The van der Waals surface area contributed by atoms with Gasteiger partial charge in [-0.2, -0.15) is 0 Å². The van der Waals surface area contributed by atoms with Gasteiger partial charge in [0, 0.05) is 30.1 Å². The molecule has 6 N–H and O–H groups in total. The van der Waals surface area contributed by atoms with E-state index in [9.17, 15) is 24.3 Å². The molecular weight excluding hydrogens is 510 g/mol. The number of carbonyl (C=O) groups excluding carboxylic acids is 3. The van der Waals surface area contributed by atoms with Crippen molar-refractivity contribution in [3.8, 4) is 0 Å². The van der Waals surface area contributed by atoms with Crippen molar-refractivity contribution in [1.82, 2.24) is 20.5 Å². The number of aromatic amines is 1. The van der Waals surface area contributed by atoms with Crippen molar-refractivity contribution in [2.45, 2.75) is 63.7 Å². The van der Waals surface area contributed by atoms with Gasteiger partial charge in [0.2, 0.25) is 17.7 Å². The Kier molecular flexibility index (Phi) is 9.21. The zero-order valence-electron chi connectivity index (χ0n) is 22.8. The molecule has 0 bridgehead atoms. The number of nitrogens with zero attached hydrogens (tertiary/aromatic N) is 1. The number of fused-ring (bicyclic) bond motifs is 1. The minimum Gasteiger partial charge on any atom is -0.480 e. The normalized spacial score (nSPS) is 17.4. The highest BCUT2D eigenvalue weighted by atomic mass is 16.4. The molecule has 1 fully saturated rings. The maximum absolute atomic E-state index is 14.0. The zero-order valence-corrected chi connectivity index (χ0v) is 22.8. The number of carbonyl (C=O) groups is 4. The number of aliphatic carboxylic acids is 1. The second kappa shape index (κ2) is 12.8. The first-order valence-electron chi connectivity index (χ1n) is 13.6. The lowest BCUT2D eigenvalue weighted by Crippen LogP contribution is -2.58. The Hall–Kier alpha value is -4.18. The van der Waals surface area contributed by atoms with Crippen LogP contribution in [0.2, 0.25) is 0 Å². The first-order valence-corrected chi connectivity index (χ1v) is 13.6. The SMILES string of the molecule is CC(C)C(NC(=O)C1CCCN1C(=O)C(Cc1c[nH]c2ccccc12)NC(=O)C(N)Cc1ccccc1)C(=O)O. The van der Waals surface area contributed by atoms with E-state index in [0.29, 0.717) is 25.8 Å². The van der Waals surface area contributed by atoms with Gasteiger partial charge in [-0.05, 0) is 42.4 Å². The third-order valence-electron chi connectivity index (χ3n) is 7.42. The molecule has 3 aromatic rings. The van der Waals surface area contributed by atoms with E-state index in [0.717, 1.165) is 22.0 Å². The number of nitrogens with two attached hydrogens (primary N) is 1. The van der Waals surface area contributed by atoms with Crippen molar-refractivity contribution in [3.05, 3.63) is 71.9 Å². The van der Waals surface area contributed by atoms with Crippen LogP contribution in [0.5, 0.6) is 0 Å². The summed E-state index contributed by atoms with van der Waals surface area (Å²) in [5.74, 6) is -2.83. The molecule has 1 aliphatic heterocycles. The van der Waals surface area contributed by atoms with Crippen LogP contribution in [0.25, 0.3) is 10.9 Å². The third-order valence-corrected chi connectivity index (χ3v) is 7.42. The molecule has 4 rings (SSSR count). The van der Waals surface area contributed by atoms with E-state index < -0.39 is 47.9 Å². The van der Waals surface area contributed by atoms with Crippen molar-refractivity contribution in [2.24, 2.45) is 11.7 Å². The van der Waals surface area contributed by atoms with Crippen LogP contribution >= 0.6 is 0 Å². The number of aromatic nitrogens is 1. The topological polar surface area (TPSA) is 158 Å². The summed E-state index contributed by atoms with van der Waals surface area (Å²) in [5.41, 5.74) is 8.89. The fourth-order valence-corrected chi connectivity index (χ4v) is 5.23. The number of amides is 3. The fraction of sp³-hybridized carbons (Fsp3) is 0.400. The van der Waals surface area contributed by atoms with Gasteiger partial charge in [-0.25, -0.2) is 4.79 Å². The first kappa shape index (κ1) is 28.8. The van der Waals surface area contributed by atoms with Gasteiger partial charge in [0.15, 0.2) is 0 Å². The van der Waals surface area contributed by atoms with Gasteiger partial charge in [0.1, 0.15) is 18.1 Å². The number of likely N-dealkylation sites (tertiary alicyclic amines) is 1. The Morgan fingerprint density at radius 2 is 1.73 bits per heavy atom. The predicted molar refractivity (Wildman–Crippen MR) is 151 cm³/mol. The number of rotatable bonds is 11. The van der Waals surface area contributed by atoms with E-state index >= 15 is 0 Å². The van der Waals surface area contributed by atoms with E-state index in [1.165, 1.54) is 4.90 Å². The molecule has 1 aliphatic rings. The Balaban J connectivity index is 1.55. The number of hydrogen-bond donors (Lipinski definition) is 5. The van der Waals surface area contributed by atoms with E-state index in [-0.39, 0.29) is 12.3 Å². The van der Waals surface area contributed by atoms with Gasteiger partial charge < -0.3 is 31.4 Å². The molecule has 10 nitrogen and oxygen atoms in total. The lowest BCUT2D eigenvalue weighted by atomic mass is 10.0. The molecule has 0 aliphatic carbocycles. The van der Waals surface area contributed by atoms with Gasteiger partial charge >= 0.3 is 5.97 Å². The molecular formula is C30H37N5O5. The summed E-state index contributed by atoms with van der Waals surface area (Å²) < 4.78 is 0. The van der Waals surface area contributed by atoms with Crippen molar-refractivity contribution >= 4 is 34.6 Å². The maximum atomic E-state index is 14.0. The average Bonchev–Trinajstić information content (AvgIpc) is 3.59. The van der Waals surface area contributed by atoms with E-state index in [1.807, 2.05) is 60.8 Å². The number of nitrogens with one attached hydrogen (secondary N) is 3. The number of benzene rings is 2. The Labute approximate surface area is 233 Å².